The number of likely N-dealkylation sites (tertiary alicyclic amines) is 1. The molecule has 1 atom stereocenters. The number of likely N-dealkylation sites (N-methyl/N-ethyl adjacent to an activating group) is 1. The molecule has 0 bridgehead atoms. The van der Waals surface area contributed by atoms with E-state index in [4.69, 9.17) is 5.73 Å². The van der Waals surface area contributed by atoms with Crippen LogP contribution in [0.1, 0.15) is 6.42 Å². The van der Waals surface area contributed by atoms with Gasteiger partial charge in [0.1, 0.15) is 4.90 Å². The van der Waals surface area contributed by atoms with Gasteiger partial charge in [0, 0.05) is 24.7 Å². The third kappa shape index (κ3) is 3.06. The minimum absolute atomic E-state index is 0.127. The molecule has 8 nitrogen and oxygen atoms in total. The Morgan fingerprint density at radius 1 is 1.50 bits per heavy atom. The molecule has 3 N–H and O–H groups in total. The zero-order valence-corrected chi connectivity index (χ0v) is 11.8. The summed E-state index contributed by atoms with van der Waals surface area (Å²) in [5.41, 5.74) is 5.25. The van der Waals surface area contributed by atoms with E-state index < -0.39 is 14.9 Å². The Bertz CT molecular complexity index is 631. The second kappa shape index (κ2) is 5.35. The molecular weight excluding hydrogens is 284 g/mol. The number of benzene rings is 1. The SMILES string of the molecule is CN1CCC(NS(=O)(=O)c2ccc([N+](=O)[O-])cc2N)C1. The molecule has 1 aromatic carbocycles. The molecule has 1 saturated heterocycles. The molecule has 1 aliphatic rings. The number of nitrogens with two attached hydrogens (primary N) is 1. The maximum Gasteiger partial charge on any atom is 0.271 e. The van der Waals surface area contributed by atoms with Gasteiger partial charge in [-0.1, -0.05) is 0 Å². The number of hydrogen-bond donors (Lipinski definition) is 2. The van der Waals surface area contributed by atoms with Crippen LogP contribution < -0.4 is 10.5 Å². The number of hydrogen-bond acceptors (Lipinski definition) is 6. The second-order valence-corrected chi connectivity index (χ2v) is 6.53. The Morgan fingerprint density at radius 3 is 2.70 bits per heavy atom. The summed E-state index contributed by atoms with van der Waals surface area (Å²) < 4.78 is 27.0. The largest absolute Gasteiger partial charge is 0.397 e. The van der Waals surface area contributed by atoms with Crippen molar-refractivity contribution in [1.29, 1.82) is 0 Å². The molecular formula is C11H16N4O4S. The molecule has 110 valence electrons. The van der Waals surface area contributed by atoms with E-state index in [1.807, 2.05) is 11.9 Å². The minimum atomic E-state index is -3.76. The van der Waals surface area contributed by atoms with Crippen LogP contribution in [0.25, 0.3) is 0 Å². The lowest BCUT2D eigenvalue weighted by atomic mass is 10.3. The molecule has 0 amide bonds. The van der Waals surface area contributed by atoms with Gasteiger partial charge in [-0.15, -0.1) is 0 Å². The molecule has 2 rings (SSSR count). The third-order valence-corrected chi connectivity index (χ3v) is 4.80. The molecule has 0 radical (unpaired) electrons. The van der Waals surface area contributed by atoms with Crippen LogP contribution in [0, 0.1) is 10.1 Å². The molecule has 1 aromatic rings. The highest BCUT2D eigenvalue weighted by Crippen LogP contribution is 2.24. The number of nitro groups is 1. The van der Waals surface area contributed by atoms with E-state index in [0.29, 0.717) is 6.54 Å². The Balaban J connectivity index is 2.23. The molecule has 9 heteroatoms. The van der Waals surface area contributed by atoms with Crippen molar-refractivity contribution < 1.29 is 13.3 Å². The van der Waals surface area contributed by atoms with E-state index in [2.05, 4.69) is 4.72 Å². The normalized spacial score (nSPS) is 20.1. The standard InChI is InChI=1S/C11H16N4O4S/c1-14-5-4-8(7-14)13-20(18,19)11-3-2-9(15(16)17)6-10(11)12/h2-3,6,8,13H,4-5,7,12H2,1H3. The molecule has 1 fully saturated rings. The van der Waals surface area contributed by atoms with Gasteiger partial charge in [0.2, 0.25) is 10.0 Å². The fraction of sp³-hybridized carbons (Fsp3) is 0.455. The van der Waals surface area contributed by atoms with E-state index >= 15 is 0 Å². The fourth-order valence-corrected chi connectivity index (χ4v) is 3.58. The van der Waals surface area contributed by atoms with Gasteiger partial charge < -0.3 is 10.6 Å². The summed E-state index contributed by atoms with van der Waals surface area (Å²) in [4.78, 5) is 11.9. The first-order chi connectivity index (χ1) is 9.29. The van der Waals surface area contributed by atoms with Crippen LogP contribution in [-0.2, 0) is 10.0 Å². The van der Waals surface area contributed by atoms with Crippen LogP contribution in [0.5, 0.6) is 0 Å². The summed E-state index contributed by atoms with van der Waals surface area (Å²) in [6.45, 7) is 1.45. The Morgan fingerprint density at radius 2 is 2.20 bits per heavy atom. The maximum absolute atomic E-state index is 12.2. The molecule has 0 spiro atoms. The van der Waals surface area contributed by atoms with E-state index in [0.717, 1.165) is 31.2 Å². The average molecular weight is 300 g/mol. The summed E-state index contributed by atoms with van der Waals surface area (Å²) in [5, 5.41) is 10.6. The van der Waals surface area contributed by atoms with Crippen LogP contribution in [0.4, 0.5) is 11.4 Å². The van der Waals surface area contributed by atoms with Crippen LogP contribution >= 0.6 is 0 Å². The lowest BCUT2D eigenvalue weighted by Gasteiger charge is -2.14. The lowest BCUT2D eigenvalue weighted by molar-refractivity contribution is -0.384. The molecule has 1 unspecified atom stereocenters. The van der Waals surface area contributed by atoms with Crippen LogP contribution in [0.2, 0.25) is 0 Å². The van der Waals surface area contributed by atoms with Crippen molar-refractivity contribution >= 4 is 21.4 Å². The van der Waals surface area contributed by atoms with Crippen molar-refractivity contribution in [2.75, 3.05) is 25.9 Å². The quantitative estimate of drug-likeness (QED) is 0.464. The number of non-ortho nitro benzene ring substituents is 1. The van der Waals surface area contributed by atoms with Gasteiger partial charge in [-0.25, -0.2) is 13.1 Å². The number of anilines is 1. The number of nitrogen functional groups attached to an aromatic ring is 1. The Labute approximate surface area is 116 Å². The maximum atomic E-state index is 12.2. The van der Waals surface area contributed by atoms with Gasteiger partial charge in [-0.2, -0.15) is 0 Å². The molecule has 1 heterocycles. The van der Waals surface area contributed by atoms with E-state index in [1.54, 1.807) is 0 Å². The monoisotopic (exact) mass is 300 g/mol. The first-order valence-electron chi connectivity index (χ1n) is 6.04. The van der Waals surface area contributed by atoms with Crippen molar-refractivity contribution in [2.24, 2.45) is 0 Å². The zero-order chi connectivity index (χ0) is 14.9. The number of nitrogens with zero attached hydrogens (tertiary/aromatic N) is 2. The minimum Gasteiger partial charge on any atom is -0.397 e. The number of sulfonamides is 1. The van der Waals surface area contributed by atoms with E-state index in [1.165, 1.54) is 0 Å². The molecule has 0 saturated carbocycles. The summed E-state index contributed by atoms with van der Waals surface area (Å²) in [7, 11) is -1.85. The summed E-state index contributed by atoms with van der Waals surface area (Å²) in [6.07, 6.45) is 0.725. The topological polar surface area (TPSA) is 119 Å². The van der Waals surface area contributed by atoms with Gasteiger partial charge in [0.05, 0.1) is 10.6 Å². The van der Waals surface area contributed by atoms with E-state index in [-0.39, 0.29) is 22.3 Å². The fourth-order valence-electron chi connectivity index (χ4n) is 2.21. The summed E-state index contributed by atoms with van der Waals surface area (Å²) >= 11 is 0. The van der Waals surface area contributed by atoms with Crippen molar-refractivity contribution in [2.45, 2.75) is 17.4 Å². The van der Waals surface area contributed by atoms with Crippen LogP contribution in [0.15, 0.2) is 23.1 Å². The zero-order valence-electron chi connectivity index (χ0n) is 10.9. The third-order valence-electron chi connectivity index (χ3n) is 3.21. The van der Waals surface area contributed by atoms with Crippen LogP contribution in [0.3, 0.4) is 0 Å². The van der Waals surface area contributed by atoms with Crippen molar-refractivity contribution in [1.82, 2.24) is 9.62 Å². The van der Waals surface area contributed by atoms with E-state index in [9.17, 15) is 18.5 Å². The number of nitro benzene ring substituents is 1. The van der Waals surface area contributed by atoms with Gasteiger partial charge in [0.15, 0.2) is 0 Å². The van der Waals surface area contributed by atoms with Crippen molar-refractivity contribution in [3.8, 4) is 0 Å². The number of nitrogens with one attached hydrogen (secondary N) is 1. The molecule has 20 heavy (non-hydrogen) atoms. The predicted molar refractivity (Wildman–Crippen MR) is 73.7 cm³/mol. The molecule has 0 aromatic heterocycles. The number of rotatable bonds is 4. The van der Waals surface area contributed by atoms with Gasteiger partial charge in [-0.05, 0) is 26.1 Å². The highest BCUT2D eigenvalue weighted by Gasteiger charge is 2.27. The molecule has 1 aliphatic heterocycles. The first-order valence-corrected chi connectivity index (χ1v) is 7.53. The summed E-state index contributed by atoms with van der Waals surface area (Å²) in [6, 6.07) is 3.18. The lowest BCUT2D eigenvalue weighted by Crippen LogP contribution is -2.36. The van der Waals surface area contributed by atoms with Crippen molar-refractivity contribution in [3.05, 3.63) is 28.3 Å². The van der Waals surface area contributed by atoms with Crippen molar-refractivity contribution in [3.63, 3.8) is 0 Å². The first kappa shape index (κ1) is 14.7. The summed E-state index contributed by atoms with van der Waals surface area (Å²) in [5.74, 6) is 0. The van der Waals surface area contributed by atoms with Crippen LogP contribution in [-0.4, -0.2) is 44.4 Å². The molecule has 0 aliphatic carbocycles. The predicted octanol–water partition coefficient (Wildman–Crippen LogP) is 0.159. The highest BCUT2D eigenvalue weighted by molar-refractivity contribution is 7.89. The van der Waals surface area contributed by atoms with Gasteiger partial charge in [-0.3, -0.25) is 10.1 Å². The van der Waals surface area contributed by atoms with Gasteiger partial charge >= 0.3 is 0 Å². The van der Waals surface area contributed by atoms with Gasteiger partial charge in [0.25, 0.3) is 5.69 Å². The Kier molecular flexibility index (Phi) is 3.93. The highest BCUT2D eigenvalue weighted by atomic mass is 32.2. The second-order valence-electron chi connectivity index (χ2n) is 4.85. The Hall–Kier alpha value is -1.71. The smallest absolute Gasteiger partial charge is 0.271 e. The average Bonchev–Trinajstić information content (AvgIpc) is 2.73.